The van der Waals surface area contributed by atoms with Gasteiger partial charge >= 0.3 is 0 Å². The average molecular weight is 506 g/mol. The lowest BCUT2D eigenvalue weighted by Gasteiger charge is -2.34. The van der Waals surface area contributed by atoms with Gasteiger partial charge in [0.15, 0.2) is 15.7 Å². The zero-order chi connectivity index (χ0) is 25.0. The maximum absolute atomic E-state index is 13.7. The van der Waals surface area contributed by atoms with E-state index < -0.39 is 27.5 Å². The van der Waals surface area contributed by atoms with Crippen molar-refractivity contribution in [2.24, 2.45) is 0 Å². The summed E-state index contributed by atoms with van der Waals surface area (Å²) in [4.78, 5) is 20.8. The van der Waals surface area contributed by atoms with E-state index in [2.05, 4.69) is 10.1 Å². The van der Waals surface area contributed by atoms with Crippen molar-refractivity contribution in [2.45, 2.75) is 36.7 Å². The van der Waals surface area contributed by atoms with E-state index in [1.165, 1.54) is 39.9 Å². The summed E-state index contributed by atoms with van der Waals surface area (Å²) in [6, 6.07) is 7.00. The molecule has 0 saturated carbocycles. The number of aromatic nitrogens is 3. The lowest BCUT2D eigenvalue weighted by molar-refractivity contribution is -0.0220. The molecule has 2 aliphatic rings. The molecule has 1 amide bonds. The van der Waals surface area contributed by atoms with Gasteiger partial charge in [0, 0.05) is 56.2 Å². The van der Waals surface area contributed by atoms with Crippen LogP contribution in [0.3, 0.4) is 0 Å². The van der Waals surface area contributed by atoms with Crippen LogP contribution in [0.15, 0.2) is 47.6 Å². The number of nitrogens with zero attached hydrogens (tertiary/aromatic N) is 5. The van der Waals surface area contributed by atoms with E-state index in [0.717, 1.165) is 18.0 Å². The predicted octanol–water partition coefficient (Wildman–Crippen LogP) is 3.20. The van der Waals surface area contributed by atoms with Crippen molar-refractivity contribution >= 4 is 21.4 Å². The Morgan fingerprint density at radius 1 is 1.09 bits per heavy atom. The van der Waals surface area contributed by atoms with Crippen LogP contribution in [0.1, 0.15) is 34.5 Å². The maximum Gasteiger partial charge on any atom is 0.256 e. The van der Waals surface area contributed by atoms with Crippen LogP contribution >= 0.6 is 0 Å². The van der Waals surface area contributed by atoms with Gasteiger partial charge in [-0.3, -0.25) is 4.79 Å². The van der Waals surface area contributed by atoms with E-state index in [0.29, 0.717) is 17.2 Å². The van der Waals surface area contributed by atoms with Crippen LogP contribution in [0.5, 0.6) is 0 Å². The molecule has 2 aromatic heterocycles. The normalized spacial score (nSPS) is 17.5. The highest BCUT2D eigenvalue weighted by Gasteiger charge is 2.36. The molecule has 0 radical (unpaired) electrons. The number of piperidine rings is 1. The van der Waals surface area contributed by atoms with Crippen molar-refractivity contribution in [1.82, 2.24) is 19.7 Å². The van der Waals surface area contributed by atoms with Crippen molar-refractivity contribution in [3.05, 3.63) is 65.4 Å². The largest absolute Gasteiger partial charge is 0.370 e. The molecule has 4 heterocycles. The second kappa shape index (κ2) is 8.36. The number of carbonyl (C=O) groups is 1. The van der Waals surface area contributed by atoms with E-state index in [1.54, 1.807) is 11.1 Å². The summed E-state index contributed by atoms with van der Waals surface area (Å²) in [5.74, 6) is -3.19. The number of halogens is 3. The molecule has 3 aromatic rings. The smallest absolute Gasteiger partial charge is 0.256 e. The predicted molar refractivity (Wildman–Crippen MR) is 121 cm³/mol. The first-order valence-corrected chi connectivity index (χ1v) is 12.8. The highest BCUT2D eigenvalue weighted by atomic mass is 32.2. The zero-order valence-corrected chi connectivity index (χ0v) is 19.6. The summed E-state index contributed by atoms with van der Waals surface area (Å²) in [7, 11) is -3.59. The molecule has 0 bridgehead atoms. The first kappa shape index (κ1) is 23.3. The van der Waals surface area contributed by atoms with Gasteiger partial charge < -0.3 is 9.80 Å². The van der Waals surface area contributed by atoms with Gasteiger partial charge in [-0.1, -0.05) is 0 Å². The Hall–Kier alpha value is -3.41. The number of sulfone groups is 1. The number of pyridine rings is 1. The van der Waals surface area contributed by atoms with Crippen LogP contribution in [-0.2, 0) is 22.9 Å². The molecular formula is C23H22F3N5O3S. The van der Waals surface area contributed by atoms with E-state index in [4.69, 9.17) is 0 Å². The van der Waals surface area contributed by atoms with E-state index >= 15 is 0 Å². The van der Waals surface area contributed by atoms with Gasteiger partial charge in [-0.15, -0.1) is 0 Å². The van der Waals surface area contributed by atoms with Gasteiger partial charge in [0.2, 0.25) is 0 Å². The molecule has 1 saturated heterocycles. The topological polar surface area (TPSA) is 88.4 Å². The average Bonchev–Trinajstić information content (AvgIpc) is 3.38. The van der Waals surface area contributed by atoms with Gasteiger partial charge in [-0.25, -0.2) is 31.3 Å². The molecule has 184 valence electrons. The lowest BCUT2D eigenvalue weighted by atomic mass is 10.0. The second-order valence-corrected chi connectivity index (χ2v) is 10.9. The number of benzene rings is 1. The fraction of sp³-hybridized carbons (Fsp3) is 0.348. The number of hydrogen-bond donors (Lipinski definition) is 0. The second-order valence-electron chi connectivity index (χ2n) is 8.84. The van der Waals surface area contributed by atoms with Gasteiger partial charge in [-0.05, 0) is 30.3 Å². The summed E-state index contributed by atoms with van der Waals surface area (Å²) in [5.41, 5.74) is 2.00. The molecule has 0 atom stereocenters. The number of hydrogen-bond acceptors (Lipinski definition) is 6. The summed E-state index contributed by atoms with van der Waals surface area (Å²) < 4.78 is 66.4. The number of alkyl halides is 2. The first-order chi connectivity index (χ1) is 16.5. The maximum atomic E-state index is 13.7. The van der Waals surface area contributed by atoms with Crippen molar-refractivity contribution in [3.63, 3.8) is 0 Å². The number of carbonyl (C=O) groups excluding carboxylic acids is 1. The van der Waals surface area contributed by atoms with E-state index in [-0.39, 0.29) is 49.5 Å². The molecule has 1 fully saturated rings. The van der Waals surface area contributed by atoms with Crippen LogP contribution in [0, 0.1) is 5.82 Å². The van der Waals surface area contributed by atoms with Crippen LogP contribution in [0.4, 0.5) is 18.9 Å². The molecular weight excluding hydrogens is 483 g/mol. The minimum atomic E-state index is -3.59. The fourth-order valence-electron chi connectivity index (χ4n) is 4.36. The lowest BCUT2D eigenvalue weighted by Crippen LogP contribution is -2.40. The SMILES string of the molecule is CS(=O)(=O)c1ccc(N2CCC(F)(F)CC2)c(C(=O)N2Cc3cn(-c4ccc(F)cn4)nc3C2)c1. The van der Waals surface area contributed by atoms with Crippen LogP contribution in [0.2, 0.25) is 0 Å². The molecule has 35 heavy (non-hydrogen) atoms. The van der Waals surface area contributed by atoms with Crippen molar-refractivity contribution in [3.8, 4) is 5.82 Å². The standard InChI is InChI=1S/C23H22F3N5O3S/c1-35(33,34)17-3-4-20(29-8-6-23(25,26)7-9-29)18(10-17)22(32)30-12-15-13-31(28-19(15)14-30)21-5-2-16(24)11-27-21/h2-5,10-11,13H,6-9,12,14H2,1H3. The number of rotatable bonds is 4. The molecule has 0 unspecified atom stereocenters. The Kier molecular flexibility index (Phi) is 5.58. The van der Waals surface area contributed by atoms with Gasteiger partial charge in [-0.2, -0.15) is 5.10 Å². The number of anilines is 1. The molecule has 8 nitrogen and oxygen atoms in total. The molecule has 0 aliphatic carbocycles. The Balaban J connectivity index is 1.42. The summed E-state index contributed by atoms with van der Waals surface area (Å²) in [6.45, 7) is 0.533. The van der Waals surface area contributed by atoms with Crippen LogP contribution in [-0.4, -0.2) is 59.3 Å². The quantitative estimate of drug-likeness (QED) is 0.541. The molecule has 5 rings (SSSR count). The van der Waals surface area contributed by atoms with Crippen LogP contribution < -0.4 is 4.90 Å². The highest BCUT2D eigenvalue weighted by molar-refractivity contribution is 7.90. The number of fused-ring (bicyclic) bond motifs is 1. The summed E-state index contributed by atoms with van der Waals surface area (Å²) in [5, 5.41) is 4.45. The Morgan fingerprint density at radius 2 is 1.83 bits per heavy atom. The van der Waals surface area contributed by atoms with Gasteiger partial charge in [0.25, 0.3) is 11.8 Å². The fourth-order valence-corrected chi connectivity index (χ4v) is 5.00. The summed E-state index contributed by atoms with van der Waals surface area (Å²) in [6.07, 6.45) is 3.17. The first-order valence-electron chi connectivity index (χ1n) is 11.0. The molecule has 2 aliphatic heterocycles. The minimum Gasteiger partial charge on any atom is -0.370 e. The van der Waals surface area contributed by atoms with Crippen molar-refractivity contribution < 1.29 is 26.4 Å². The Morgan fingerprint density at radius 3 is 2.46 bits per heavy atom. The third-order valence-electron chi connectivity index (χ3n) is 6.28. The third-order valence-corrected chi connectivity index (χ3v) is 7.39. The van der Waals surface area contributed by atoms with Crippen molar-refractivity contribution in [2.75, 3.05) is 24.2 Å². The molecule has 0 spiro atoms. The monoisotopic (exact) mass is 505 g/mol. The minimum absolute atomic E-state index is 0.0172. The van der Waals surface area contributed by atoms with Gasteiger partial charge in [0.1, 0.15) is 5.82 Å². The number of amides is 1. The molecule has 12 heteroatoms. The molecule has 1 aromatic carbocycles. The molecule has 0 N–H and O–H groups in total. The van der Waals surface area contributed by atoms with Crippen LogP contribution in [0.25, 0.3) is 5.82 Å². The van der Waals surface area contributed by atoms with Crippen molar-refractivity contribution in [1.29, 1.82) is 0 Å². The Labute approximate surface area is 199 Å². The zero-order valence-electron chi connectivity index (χ0n) is 18.8. The van der Waals surface area contributed by atoms with E-state index in [9.17, 15) is 26.4 Å². The highest BCUT2D eigenvalue weighted by Crippen LogP contribution is 2.34. The third kappa shape index (κ3) is 4.62. The summed E-state index contributed by atoms with van der Waals surface area (Å²) >= 11 is 0. The van der Waals surface area contributed by atoms with E-state index in [1.807, 2.05) is 0 Å². The Bertz CT molecular complexity index is 1370. The van der Waals surface area contributed by atoms with Gasteiger partial charge in [0.05, 0.1) is 28.9 Å².